The molecule has 0 bridgehead atoms. The minimum Gasteiger partial charge on any atom is -0.362 e. The van der Waals surface area contributed by atoms with Crippen LogP contribution in [0.2, 0.25) is 0 Å². The van der Waals surface area contributed by atoms with Crippen LogP contribution in [0.3, 0.4) is 0 Å². The van der Waals surface area contributed by atoms with Gasteiger partial charge in [0.05, 0.1) is 6.04 Å². The Balaban J connectivity index is 1.82. The lowest BCUT2D eigenvalue weighted by Crippen LogP contribution is -2.38. The summed E-state index contributed by atoms with van der Waals surface area (Å²) in [5, 5.41) is 4.92. The lowest BCUT2D eigenvalue weighted by atomic mass is 9.85. The van der Waals surface area contributed by atoms with E-state index in [0.717, 1.165) is 5.92 Å². The molecule has 0 spiro atoms. The number of aliphatic imine (C=N–C) groups is 1. The van der Waals surface area contributed by atoms with Crippen molar-refractivity contribution in [3.8, 4) is 0 Å². The van der Waals surface area contributed by atoms with E-state index >= 15 is 0 Å². The Labute approximate surface area is 116 Å². The molecule has 18 heavy (non-hydrogen) atoms. The number of nitrogens with zero attached hydrogens (tertiary/aromatic N) is 1. The van der Waals surface area contributed by atoms with Crippen molar-refractivity contribution < 1.29 is 0 Å². The van der Waals surface area contributed by atoms with Crippen molar-refractivity contribution in [2.45, 2.75) is 71.4 Å². The van der Waals surface area contributed by atoms with Gasteiger partial charge in [0.1, 0.15) is 0 Å². The fourth-order valence-corrected chi connectivity index (χ4v) is 3.99. The zero-order chi connectivity index (χ0) is 13.0. The molecule has 2 aliphatic rings. The fraction of sp³-hybridized carbons (Fsp3) is 0.933. The van der Waals surface area contributed by atoms with Crippen LogP contribution in [-0.2, 0) is 0 Å². The van der Waals surface area contributed by atoms with E-state index in [-0.39, 0.29) is 0 Å². The number of hydrogen-bond donors (Lipinski definition) is 1. The monoisotopic (exact) mass is 268 g/mol. The summed E-state index contributed by atoms with van der Waals surface area (Å²) in [6, 6.07) is 1.23. The first kappa shape index (κ1) is 14.2. The van der Waals surface area contributed by atoms with Crippen molar-refractivity contribution in [2.24, 2.45) is 16.8 Å². The van der Waals surface area contributed by atoms with E-state index in [2.05, 4.69) is 26.1 Å². The third-order valence-electron chi connectivity index (χ3n) is 4.46. The Morgan fingerprint density at radius 1 is 1.22 bits per heavy atom. The number of rotatable bonds is 3. The van der Waals surface area contributed by atoms with Crippen LogP contribution in [-0.4, -0.2) is 23.0 Å². The van der Waals surface area contributed by atoms with Gasteiger partial charge in [-0.15, -0.1) is 0 Å². The molecule has 0 aromatic heterocycles. The van der Waals surface area contributed by atoms with E-state index in [4.69, 9.17) is 4.99 Å². The van der Waals surface area contributed by atoms with Crippen molar-refractivity contribution in [3.63, 3.8) is 0 Å². The molecule has 1 aliphatic heterocycles. The highest BCUT2D eigenvalue weighted by Crippen LogP contribution is 2.28. The van der Waals surface area contributed by atoms with Crippen molar-refractivity contribution in [2.75, 3.05) is 5.75 Å². The summed E-state index contributed by atoms with van der Waals surface area (Å²) in [5.74, 6) is 2.89. The molecule has 104 valence electrons. The lowest BCUT2D eigenvalue weighted by Gasteiger charge is -2.31. The highest BCUT2D eigenvalue weighted by Gasteiger charge is 2.23. The molecule has 0 amide bonds. The van der Waals surface area contributed by atoms with Gasteiger partial charge >= 0.3 is 0 Å². The van der Waals surface area contributed by atoms with Gasteiger partial charge in [-0.05, 0) is 43.9 Å². The highest BCUT2D eigenvalue weighted by molar-refractivity contribution is 8.13. The standard InChI is InChI=1S/C15H28N2S/c1-4-12-5-7-13(8-6-12)16-15-17-14(11(2)3)9-10-18-15/h11-14H,4-10H2,1-3H3,(H,16,17). The van der Waals surface area contributed by atoms with E-state index in [1.165, 1.54) is 49.4 Å². The molecule has 0 radical (unpaired) electrons. The van der Waals surface area contributed by atoms with Crippen molar-refractivity contribution in [3.05, 3.63) is 0 Å². The predicted octanol–water partition coefficient (Wildman–Crippen LogP) is 4.06. The Bertz CT molecular complexity index is 280. The molecule has 1 fully saturated rings. The summed E-state index contributed by atoms with van der Waals surface area (Å²) >= 11 is 1.92. The summed E-state index contributed by atoms with van der Waals surface area (Å²) in [6.07, 6.45) is 8.09. The normalized spacial score (nSPS) is 33.3. The van der Waals surface area contributed by atoms with Crippen LogP contribution >= 0.6 is 11.8 Å². The second-order valence-electron chi connectivity index (χ2n) is 6.15. The average molecular weight is 268 g/mol. The molecule has 0 aromatic carbocycles. The second kappa shape index (κ2) is 6.83. The van der Waals surface area contributed by atoms with Gasteiger partial charge in [0.25, 0.3) is 0 Å². The number of thioether (sulfide) groups is 1. The van der Waals surface area contributed by atoms with Gasteiger partial charge in [-0.2, -0.15) is 0 Å². The minimum atomic E-state index is 0.542. The van der Waals surface area contributed by atoms with Crippen LogP contribution in [0.25, 0.3) is 0 Å². The van der Waals surface area contributed by atoms with Gasteiger partial charge in [-0.25, -0.2) is 0 Å². The topological polar surface area (TPSA) is 24.4 Å². The van der Waals surface area contributed by atoms with Crippen molar-refractivity contribution in [1.29, 1.82) is 0 Å². The zero-order valence-corrected chi connectivity index (χ0v) is 12.9. The largest absolute Gasteiger partial charge is 0.362 e. The fourth-order valence-electron chi connectivity index (χ4n) is 2.98. The zero-order valence-electron chi connectivity index (χ0n) is 12.1. The van der Waals surface area contributed by atoms with Crippen LogP contribution in [0.15, 0.2) is 4.99 Å². The summed E-state index contributed by atoms with van der Waals surface area (Å²) in [4.78, 5) is 4.88. The molecule has 1 unspecified atom stereocenters. The van der Waals surface area contributed by atoms with E-state index in [1.807, 2.05) is 11.8 Å². The quantitative estimate of drug-likeness (QED) is 0.834. The maximum atomic E-state index is 4.88. The van der Waals surface area contributed by atoms with Crippen molar-refractivity contribution in [1.82, 2.24) is 5.32 Å². The number of nitrogens with one attached hydrogen (secondary N) is 1. The summed E-state index contributed by atoms with van der Waals surface area (Å²) in [5.41, 5.74) is 0. The third-order valence-corrected chi connectivity index (χ3v) is 5.39. The van der Waals surface area contributed by atoms with Gasteiger partial charge < -0.3 is 5.32 Å². The van der Waals surface area contributed by atoms with Gasteiger partial charge in [0, 0.05) is 11.8 Å². The molecule has 2 nitrogen and oxygen atoms in total. The van der Waals surface area contributed by atoms with Crippen LogP contribution in [0.1, 0.15) is 59.3 Å². The summed E-state index contributed by atoms with van der Waals surface area (Å²) in [6.45, 7) is 6.90. The Kier molecular flexibility index (Phi) is 5.40. The van der Waals surface area contributed by atoms with E-state index in [1.54, 1.807) is 0 Å². The molecule has 1 N–H and O–H groups in total. The Morgan fingerprint density at radius 3 is 2.56 bits per heavy atom. The molecule has 0 saturated heterocycles. The molecule has 3 heteroatoms. The molecule has 0 aromatic rings. The highest BCUT2D eigenvalue weighted by atomic mass is 32.2. The first-order valence-electron chi connectivity index (χ1n) is 7.66. The van der Waals surface area contributed by atoms with E-state index in [9.17, 15) is 0 Å². The molecule has 1 saturated carbocycles. The van der Waals surface area contributed by atoms with Gasteiger partial charge in [-0.3, -0.25) is 4.99 Å². The third kappa shape index (κ3) is 3.91. The first-order valence-corrected chi connectivity index (χ1v) is 8.64. The molecule has 1 heterocycles. The predicted molar refractivity (Wildman–Crippen MR) is 82.3 cm³/mol. The maximum absolute atomic E-state index is 4.88. The minimum absolute atomic E-state index is 0.542. The molecule has 1 atom stereocenters. The van der Waals surface area contributed by atoms with Crippen LogP contribution in [0, 0.1) is 11.8 Å². The summed E-state index contributed by atoms with van der Waals surface area (Å²) < 4.78 is 0. The van der Waals surface area contributed by atoms with E-state index in [0.29, 0.717) is 18.0 Å². The van der Waals surface area contributed by atoms with Crippen molar-refractivity contribution >= 4 is 16.9 Å². The van der Waals surface area contributed by atoms with Gasteiger partial charge in [0.15, 0.2) is 5.17 Å². The maximum Gasteiger partial charge on any atom is 0.157 e. The molecular weight excluding hydrogens is 240 g/mol. The van der Waals surface area contributed by atoms with Crippen LogP contribution in [0.5, 0.6) is 0 Å². The first-order chi connectivity index (χ1) is 8.69. The summed E-state index contributed by atoms with van der Waals surface area (Å²) in [7, 11) is 0. The van der Waals surface area contributed by atoms with Crippen LogP contribution in [0.4, 0.5) is 0 Å². The van der Waals surface area contributed by atoms with Crippen LogP contribution < -0.4 is 5.32 Å². The van der Waals surface area contributed by atoms with Gasteiger partial charge in [-0.1, -0.05) is 39.0 Å². The Hall–Kier alpha value is -0.180. The Morgan fingerprint density at radius 2 is 1.94 bits per heavy atom. The molecule has 2 rings (SSSR count). The molecule has 1 aliphatic carbocycles. The second-order valence-corrected chi connectivity index (χ2v) is 7.24. The van der Waals surface area contributed by atoms with Gasteiger partial charge in [0.2, 0.25) is 0 Å². The number of hydrogen-bond acceptors (Lipinski definition) is 3. The molecular formula is C15H28N2S. The lowest BCUT2D eigenvalue weighted by molar-refractivity contribution is 0.305. The SMILES string of the molecule is CCC1CCC(NC2=NC(C(C)C)CCS2)CC1. The number of amidine groups is 1. The smallest absolute Gasteiger partial charge is 0.157 e. The van der Waals surface area contributed by atoms with E-state index < -0.39 is 0 Å². The average Bonchev–Trinajstić information content (AvgIpc) is 2.40.